The standard InChI is InChI=1S/C11H14Cl3NO/c12-8-6-10(14)11(7-9(8)13)15-4-2-1-3-5-16/h6-7,15-16H,1-5H2. The lowest BCUT2D eigenvalue weighted by molar-refractivity contribution is 0.283. The Hall–Kier alpha value is -0.150. The van der Waals surface area contributed by atoms with Gasteiger partial charge < -0.3 is 10.4 Å². The summed E-state index contributed by atoms with van der Waals surface area (Å²) >= 11 is 17.7. The number of rotatable bonds is 6. The highest BCUT2D eigenvalue weighted by atomic mass is 35.5. The van der Waals surface area contributed by atoms with E-state index >= 15 is 0 Å². The summed E-state index contributed by atoms with van der Waals surface area (Å²) in [4.78, 5) is 0. The van der Waals surface area contributed by atoms with E-state index in [2.05, 4.69) is 5.32 Å². The molecule has 1 aromatic rings. The lowest BCUT2D eigenvalue weighted by Crippen LogP contribution is -2.02. The molecular weight excluding hydrogens is 268 g/mol. The number of hydrogen-bond donors (Lipinski definition) is 2. The summed E-state index contributed by atoms with van der Waals surface area (Å²) in [5.41, 5.74) is 0.792. The molecule has 0 aliphatic rings. The van der Waals surface area contributed by atoms with Crippen molar-refractivity contribution in [3.63, 3.8) is 0 Å². The van der Waals surface area contributed by atoms with Crippen LogP contribution in [0.4, 0.5) is 5.69 Å². The van der Waals surface area contributed by atoms with E-state index in [1.807, 2.05) is 0 Å². The maximum absolute atomic E-state index is 8.62. The SMILES string of the molecule is OCCCCCNc1cc(Cl)c(Cl)cc1Cl. The summed E-state index contributed by atoms with van der Waals surface area (Å²) < 4.78 is 0. The van der Waals surface area contributed by atoms with E-state index in [9.17, 15) is 0 Å². The summed E-state index contributed by atoms with van der Waals surface area (Å²) in [5, 5.41) is 13.3. The van der Waals surface area contributed by atoms with E-state index in [1.54, 1.807) is 12.1 Å². The minimum atomic E-state index is 0.244. The lowest BCUT2D eigenvalue weighted by Gasteiger charge is -2.09. The smallest absolute Gasteiger partial charge is 0.0653 e. The van der Waals surface area contributed by atoms with Crippen LogP contribution in [0.5, 0.6) is 0 Å². The van der Waals surface area contributed by atoms with Crippen LogP contribution >= 0.6 is 34.8 Å². The van der Waals surface area contributed by atoms with Crippen LogP contribution in [0.25, 0.3) is 0 Å². The predicted molar refractivity (Wildman–Crippen MR) is 70.9 cm³/mol. The molecule has 0 fully saturated rings. The van der Waals surface area contributed by atoms with Gasteiger partial charge in [0.2, 0.25) is 0 Å². The molecule has 0 aliphatic carbocycles. The Morgan fingerprint density at radius 3 is 2.31 bits per heavy atom. The fourth-order valence-corrected chi connectivity index (χ4v) is 1.91. The van der Waals surface area contributed by atoms with Gasteiger partial charge in [-0.25, -0.2) is 0 Å². The zero-order valence-corrected chi connectivity index (χ0v) is 11.0. The molecule has 2 N–H and O–H groups in total. The van der Waals surface area contributed by atoms with Crippen molar-refractivity contribution in [3.8, 4) is 0 Å². The second kappa shape index (κ2) is 7.23. The normalized spacial score (nSPS) is 10.5. The summed E-state index contributed by atoms with van der Waals surface area (Å²) in [5.74, 6) is 0. The molecule has 0 aliphatic heterocycles. The first-order valence-electron chi connectivity index (χ1n) is 5.14. The minimum absolute atomic E-state index is 0.244. The van der Waals surface area contributed by atoms with E-state index in [4.69, 9.17) is 39.9 Å². The predicted octanol–water partition coefficient (Wildman–Crippen LogP) is 4.22. The Kier molecular flexibility index (Phi) is 6.29. The monoisotopic (exact) mass is 281 g/mol. The zero-order valence-electron chi connectivity index (χ0n) is 8.77. The number of aliphatic hydroxyl groups excluding tert-OH is 1. The van der Waals surface area contributed by atoms with Crippen LogP contribution in [-0.2, 0) is 0 Å². The first-order chi connectivity index (χ1) is 7.65. The van der Waals surface area contributed by atoms with Gasteiger partial charge in [0.25, 0.3) is 0 Å². The molecule has 5 heteroatoms. The van der Waals surface area contributed by atoms with Gasteiger partial charge in [0.1, 0.15) is 0 Å². The zero-order chi connectivity index (χ0) is 12.0. The van der Waals surface area contributed by atoms with Crippen LogP contribution in [0.2, 0.25) is 15.1 Å². The number of anilines is 1. The maximum atomic E-state index is 8.62. The van der Waals surface area contributed by atoms with E-state index < -0.39 is 0 Å². The van der Waals surface area contributed by atoms with Gasteiger partial charge in [-0.3, -0.25) is 0 Å². The van der Waals surface area contributed by atoms with E-state index in [0.717, 1.165) is 31.5 Å². The maximum Gasteiger partial charge on any atom is 0.0653 e. The quantitative estimate of drug-likeness (QED) is 0.605. The van der Waals surface area contributed by atoms with Gasteiger partial charge in [-0.05, 0) is 31.4 Å². The summed E-state index contributed by atoms with van der Waals surface area (Å²) in [6.07, 6.45) is 2.80. The Morgan fingerprint density at radius 1 is 0.938 bits per heavy atom. The van der Waals surface area contributed by atoms with Gasteiger partial charge in [0, 0.05) is 13.2 Å². The molecule has 90 valence electrons. The van der Waals surface area contributed by atoms with Crippen molar-refractivity contribution in [2.75, 3.05) is 18.5 Å². The molecule has 0 amide bonds. The summed E-state index contributed by atoms with van der Waals surface area (Å²) in [7, 11) is 0. The van der Waals surface area contributed by atoms with Crippen molar-refractivity contribution in [2.24, 2.45) is 0 Å². The van der Waals surface area contributed by atoms with Crippen molar-refractivity contribution < 1.29 is 5.11 Å². The molecule has 0 unspecified atom stereocenters. The average molecular weight is 283 g/mol. The first-order valence-corrected chi connectivity index (χ1v) is 6.28. The summed E-state index contributed by atoms with van der Waals surface area (Å²) in [6, 6.07) is 3.35. The molecule has 0 heterocycles. The van der Waals surface area contributed by atoms with Crippen LogP contribution in [0, 0.1) is 0 Å². The van der Waals surface area contributed by atoms with Crippen molar-refractivity contribution in [2.45, 2.75) is 19.3 Å². The van der Waals surface area contributed by atoms with Gasteiger partial charge in [-0.1, -0.05) is 34.8 Å². The molecule has 16 heavy (non-hydrogen) atoms. The molecule has 1 aromatic carbocycles. The minimum Gasteiger partial charge on any atom is -0.396 e. The van der Waals surface area contributed by atoms with Crippen LogP contribution in [0.1, 0.15) is 19.3 Å². The van der Waals surface area contributed by atoms with Crippen LogP contribution in [0.15, 0.2) is 12.1 Å². The number of aliphatic hydroxyl groups is 1. The van der Waals surface area contributed by atoms with Crippen molar-refractivity contribution in [3.05, 3.63) is 27.2 Å². The van der Waals surface area contributed by atoms with Crippen LogP contribution < -0.4 is 5.32 Å². The van der Waals surface area contributed by atoms with Crippen LogP contribution in [-0.4, -0.2) is 18.3 Å². The average Bonchev–Trinajstić information content (AvgIpc) is 2.25. The number of unbranched alkanes of at least 4 members (excludes halogenated alkanes) is 2. The topological polar surface area (TPSA) is 32.3 Å². The molecule has 1 rings (SSSR count). The van der Waals surface area contributed by atoms with E-state index in [0.29, 0.717) is 15.1 Å². The fraction of sp³-hybridized carbons (Fsp3) is 0.455. The molecule has 0 bridgehead atoms. The van der Waals surface area contributed by atoms with Gasteiger partial charge in [-0.15, -0.1) is 0 Å². The fourth-order valence-electron chi connectivity index (χ4n) is 1.29. The highest BCUT2D eigenvalue weighted by Gasteiger charge is 2.04. The van der Waals surface area contributed by atoms with Crippen molar-refractivity contribution in [1.29, 1.82) is 0 Å². The number of nitrogens with one attached hydrogen (secondary N) is 1. The number of hydrogen-bond acceptors (Lipinski definition) is 2. The third-order valence-corrected chi connectivity index (χ3v) is 3.20. The molecule has 0 saturated heterocycles. The lowest BCUT2D eigenvalue weighted by atomic mass is 10.2. The molecule has 0 saturated carbocycles. The Labute approximate surface area is 111 Å². The van der Waals surface area contributed by atoms with E-state index in [-0.39, 0.29) is 6.61 Å². The second-order valence-electron chi connectivity index (χ2n) is 3.46. The van der Waals surface area contributed by atoms with Crippen LogP contribution in [0.3, 0.4) is 0 Å². The van der Waals surface area contributed by atoms with Crippen molar-refractivity contribution in [1.82, 2.24) is 0 Å². The van der Waals surface area contributed by atoms with Gasteiger partial charge in [0.15, 0.2) is 0 Å². The Bertz CT molecular complexity index is 344. The third-order valence-electron chi connectivity index (χ3n) is 2.16. The Balaban J connectivity index is 2.45. The molecule has 0 radical (unpaired) electrons. The molecular formula is C11H14Cl3NO. The molecule has 0 spiro atoms. The molecule has 2 nitrogen and oxygen atoms in total. The van der Waals surface area contributed by atoms with Crippen molar-refractivity contribution >= 4 is 40.5 Å². The molecule has 0 aromatic heterocycles. The first kappa shape index (κ1) is 13.9. The second-order valence-corrected chi connectivity index (χ2v) is 4.68. The number of halogens is 3. The molecule has 0 atom stereocenters. The van der Waals surface area contributed by atoms with E-state index in [1.165, 1.54) is 0 Å². The van der Waals surface area contributed by atoms with Gasteiger partial charge in [-0.2, -0.15) is 0 Å². The Morgan fingerprint density at radius 2 is 1.62 bits per heavy atom. The van der Waals surface area contributed by atoms with Gasteiger partial charge >= 0.3 is 0 Å². The highest BCUT2D eigenvalue weighted by molar-refractivity contribution is 6.44. The highest BCUT2D eigenvalue weighted by Crippen LogP contribution is 2.32. The largest absolute Gasteiger partial charge is 0.396 e. The van der Waals surface area contributed by atoms with Gasteiger partial charge in [0.05, 0.1) is 20.8 Å². The number of benzene rings is 1. The summed E-state index contributed by atoms with van der Waals surface area (Å²) in [6.45, 7) is 1.05. The third kappa shape index (κ3) is 4.38.